The molecular weight excluding hydrogens is 266 g/mol. The Hall–Kier alpha value is -2.35. The molecule has 5 heteroatoms. The van der Waals surface area contributed by atoms with Crippen molar-refractivity contribution in [2.45, 2.75) is 45.8 Å². The molecule has 0 spiro atoms. The van der Waals surface area contributed by atoms with Gasteiger partial charge in [-0.05, 0) is 25.5 Å². The zero-order valence-electron chi connectivity index (χ0n) is 12.4. The molecule has 1 aromatic carbocycles. The fourth-order valence-electron chi connectivity index (χ4n) is 2.40. The Labute approximate surface area is 124 Å². The third-order valence-corrected chi connectivity index (χ3v) is 3.32. The van der Waals surface area contributed by atoms with Gasteiger partial charge in [-0.25, -0.2) is 4.98 Å². The van der Waals surface area contributed by atoms with Gasteiger partial charge >= 0.3 is 5.97 Å². The average molecular weight is 285 g/mol. The first-order chi connectivity index (χ1) is 10.1. The summed E-state index contributed by atoms with van der Waals surface area (Å²) in [6.45, 7) is 3.93. The van der Waals surface area contributed by atoms with Crippen LogP contribution in [0.4, 0.5) is 0 Å². The predicted octanol–water partition coefficient (Wildman–Crippen LogP) is 2.83. The fourth-order valence-corrected chi connectivity index (χ4v) is 2.40. The summed E-state index contributed by atoms with van der Waals surface area (Å²) < 4.78 is 7.22. The largest absolute Gasteiger partial charge is 0.463 e. The van der Waals surface area contributed by atoms with Crippen LogP contribution in [0.2, 0.25) is 0 Å². The maximum absolute atomic E-state index is 10.9. The first kappa shape index (κ1) is 15.0. The van der Waals surface area contributed by atoms with Gasteiger partial charge in [0, 0.05) is 19.9 Å². The van der Waals surface area contributed by atoms with E-state index in [4.69, 9.17) is 10.00 Å². The van der Waals surface area contributed by atoms with Gasteiger partial charge in [0.1, 0.15) is 5.82 Å². The van der Waals surface area contributed by atoms with E-state index >= 15 is 0 Å². The van der Waals surface area contributed by atoms with Gasteiger partial charge in [0.15, 0.2) is 0 Å². The number of para-hydroxylation sites is 2. The Balaban J connectivity index is 2.18. The minimum absolute atomic E-state index is 0.133. The molecule has 0 bridgehead atoms. The SMILES string of the molecule is CC(=O)OC(C)CCc1nc2ccccc2n1CCC#N. The molecule has 0 radical (unpaired) electrons. The van der Waals surface area contributed by atoms with E-state index in [1.807, 2.05) is 31.2 Å². The number of esters is 1. The van der Waals surface area contributed by atoms with Crippen LogP contribution in [-0.4, -0.2) is 21.6 Å². The lowest BCUT2D eigenvalue weighted by molar-refractivity contribution is -0.145. The van der Waals surface area contributed by atoms with Crippen molar-refractivity contribution in [3.8, 4) is 6.07 Å². The summed E-state index contributed by atoms with van der Waals surface area (Å²) in [6, 6.07) is 10.1. The molecule has 110 valence electrons. The number of nitrogens with zero attached hydrogens (tertiary/aromatic N) is 3. The normalized spacial score (nSPS) is 12.0. The van der Waals surface area contributed by atoms with E-state index in [-0.39, 0.29) is 12.1 Å². The number of benzene rings is 1. The van der Waals surface area contributed by atoms with Gasteiger partial charge in [-0.15, -0.1) is 0 Å². The van der Waals surface area contributed by atoms with Crippen LogP contribution in [0.1, 0.15) is 32.5 Å². The fraction of sp³-hybridized carbons (Fsp3) is 0.438. The minimum atomic E-state index is -0.263. The molecule has 1 unspecified atom stereocenters. The van der Waals surface area contributed by atoms with Crippen LogP contribution in [0.25, 0.3) is 11.0 Å². The molecule has 0 aliphatic carbocycles. The number of carbonyl (C=O) groups excluding carboxylic acids is 1. The van der Waals surface area contributed by atoms with E-state index in [0.717, 1.165) is 23.3 Å². The molecule has 2 aromatic rings. The van der Waals surface area contributed by atoms with E-state index in [2.05, 4.69) is 15.6 Å². The highest BCUT2D eigenvalue weighted by atomic mass is 16.5. The van der Waals surface area contributed by atoms with E-state index in [1.54, 1.807) is 0 Å². The van der Waals surface area contributed by atoms with Crippen LogP contribution in [0.3, 0.4) is 0 Å². The molecule has 0 amide bonds. The third-order valence-electron chi connectivity index (χ3n) is 3.32. The van der Waals surface area contributed by atoms with Crippen molar-refractivity contribution in [2.24, 2.45) is 0 Å². The lowest BCUT2D eigenvalue weighted by Crippen LogP contribution is -2.14. The van der Waals surface area contributed by atoms with Crippen LogP contribution in [0.15, 0.2) is 24.3 Å². The molecule has 1 heterocycles. The van der Waals surface area contributed by atoms with E-state index in [9.17, 15) is 4.79 Å². The zero-order chi connectivity index (χ0) is 15.2. The second-order valence-corrected chi connectivity index (χ2v) is 5.04. The van der Waals surface area contributed by atoms with Gasteiger partial charge < -0.3 is 9.30 Å². The number of hydrogen-bond acceptors (Lipinski definition) is 4. The Morgan fingerprint density at radius 3 is 2.95 bits per heavy atom. The molecule has 1 atom stereocenters. The number of ether oxygens (including phenoxy) is 1. The summed E-state index contributed by atoms with van der Waals surface area (Å²) in [5, 5.41) is 8.80. The number of imidazole rings is 1. The van der Waals surface area contributed by atoms with Crippen molar-refractivity contribution in [1.82, 2.24) is 9.55 Å². The van der Waals surface area contributed by atoms with Crippen LogP contribution < -0.4 is 0 Å². The highest BCUT2D eigenvalue weighted by molar-refractivity contribution is 5.75. The number of nitriles is 1. The molecule has 1 aromatic heterocycles. The average Bonchev–Trinajstić information content (AvgIpc) is 2.80. The van der Waals surface area contributed by atoms with Crippen molar-refractivity contribution in [1.29, 1.82) is 5.26 Å². The second-order valence-electron chi connectivity index (χ2n) is 5.04. The highest BCUT2D eigenvalue weighted by Crippen LogP contribution is 2.18. The van der Waals surface area contributed by atoms with Gasteiger partial charge in [0.2, 0.25) is 0 Å². The first-order valence-electron chi connectivity index (χ1n) is 7.10. The predicted molar refractivity (Wildman–Crippen MR) is 79.5 cm³/mol. The summed E-state index contributed by atoms with van der Waals surface area (Å²) in [6.07, 6.45) is 1.75. The topological polar surface area (TPSA) is 67.9 Å². The summed E-state index contributed by atoms with van der Waals surface area (Å²) in [5.74, 6) is 0.672. The van der Waals surface area contributed by atoms with Gasteiger partial charge in [-0.1, -0.05) is 12.1 Å². The monoisotopic (exact) mass is 285 g/mol. The molecule has 0 saturated heterocycles. The molecule has 5 nitrogen and oxygen atoms in total. The van der Waals surface area contributed by atoms with Gasteiger partial charge in [0.05, 0.1) is 29.6 Å². The molecule has 0 saturated carbocycles. The van der Waals surface area contributed by atoms with Crippen molar-refractivity contribution in [3.05, 3.63) is 30.1 Å². The van der Waals surface area contributed by atoms with Crippen LogP contribution in [-0.2, 0) is 22.5 Å². The second kappa shape index (κ2) is 6.89. The standard InChI is InChI=1S/C16H19N3O2/c1-12(21-13(2)20)8-9-16-18-14-6-3-4-7-15(14)19(16)11-5-10-17/h3-4,6-7,12H,5,8-9,11H2,1-2H3. The van der Waals surface area contributed by atoms with Crippen molar-refractivity contribution in [3.63, 3.8) is 0 Å². The van der Waals surface area contributed by atoms with Crippen LogP contribution in [0.5, 0.6) is 0 Å². The molecule has 2 rings (SSSR count). The van der Waals surface area contributed by atoms with Gasteiger partial charge in [-0.3, -0.25) is 4.79 Å². The van der Waals surface area contributed by atoms with Gasteiger partial charge in [-0.2, -0.15) is 5.26 Å². The highest BCUT2D eigenvalue weighted by Gasteiger charge is 2.12. The maximum Gasteiger partial charge on any atom is 0.302 e. The Bertz CT molecular complexity index is 670. The number of aromatic nitrogens is 2. The molecule has 0 aliphatic heterocycles. The summed E-state index contributed by atoms with van der Waals surface area (Å²) in [5.41, 5.74) is 1.98. The van der Waals surface area contributed by atoms with E-state index in [0.29, 0.717) is 19.4 Å². The molecule has 21 heavy (non-hydrogen) atoms. The molecular formula is C16H19N3O2. The Morgan fingerprint density at radius 1 is 1.48 bits per heavy atom. The third kappa shape index (κ3) is 3.82. The Kier molecular flexibility index (Phi) is 4.94. The molecule has 0 aliphatic rings. The quantitative estimate of drug-likeness (QED) is 0.765. The zero-order valence-corrected chi connectivity index (χ0v) is 12.4. The van der Waals surface area contributed by atoms with Crippen molar-refractivity contribution >= 4 is 17.0 Å². The number of carbonyl (C=O) groups is 1. The number of hydrogen-bond donors (Lipinski definition) is 0. The van der Waals surface area contributed by atoms with Crippen LogP contribution in [0, 0.1) is 11.3 Å². The summed E-state index contributed by atoms with van der Waals surface area (Å²) in [4.78, 5) is 15.6. The van der Waals surface area contributed by atoms with E-state index < -0.39 is 0 Å². The minimum Gasteiger partial charge on any atom is -0.463 e. The van der Waals surface area contributed by atoms with Gasteiger partial charge in [0.25, 0.3) is 0 Å². The number of aryl methyl sites for hydroxylation is 2. The van der Waals surface area contributed by atoms with Crippen LogP contribution >= 0.6 is 0 Å². The number of fused-ring (bicyclic) bond motifs is 1. The van der Waals surface area contributed by atoms with Crippen molar-refractivity contribution < 1.29 is 9.53 Å². The molecule has 0 fully saturated rings. The Morgan fingerprint density at radius 2 is 2.24 bits per heavy atom. The summed E-state index contributed by atoms with van der Waals surface area (Å²) in [7, 11) is 0. The summed E-state index contributed by atoms with van der Waals surface area (Å²) >= 11 is 0. The maximum atomic E-state index is 10.9. The van der Waals surface area contributed by atoms with E-state index in [1.165, 1.54) is 6.92 Å². The molecule has 0 N–H and O–H groups in total. The lowest BCUT2D eigenvalue weighted by atomic mass is 10.2. The lowest BCUT2D eigenvalue weighted by Gasteiger charge is -2.12. The smallest absolute Gasteiger partial charge is 0.302 e. The van der Waals surface area contributed by atoms with Crippen molar-refractivity contribution in [2.75, 3.05) is 0 Å². The number of rotatable bonds is 6. The first-order valence-corrected chi connectivity index (χ1v) is 7.10.